The van der Waals surface area contributed by atoms with Gasteiger partial charge in [-0.25, -0.2) is 4.79 Å². The summed E-state index contributed by atoms with van der Waals surface area (Å²) in [6.45, 7) is 3.88. The molecule has 2 saturated heterocycles. The van der Waals surface area contributed by atoms with E-state index in [1.807, 2.05) is 48.5 Å². The number of para-hydroxylation sites is 2. The monoisotopic (exact) mass is 380 g/mol. The molecule has 5 nitrogen and oxygen atoms in total. The Bertz CT molecular complexity index is 830. The molecule has 4 rings (SSSR count). The molecule has 2 aromatic rings. The molecule has 2 aromatic carbocycles. The summed E-state index contributed by atoms with van der Waals surface area (Å²) >= 11 is 0. The number of hydrogen-bond acceptors (Lipinski definition) is 5. The molecule has 2 fully saturated rings. The highest BCUT2D eigenvalue weighted by atomic mass is 16.6. The zero-order chi connectivity index (χ0) is 19.7. The summed E-state index contributed by atoms with van der Waals surface area (Å²) in [5.41, 5.74) is 1.76. The lowest BCUT2D eigenvalue weighted by atomic mass is 9.80. The normalized spacial score (nSPS) is 26.9. The Labute approximate surface area is 164 Å². The number of carbonyl (C=O) groups excluding carboxylic acids is 1. The van der Waals surface area contributed by atoms with E-state index in [1.165, 1.54) is 0 Å². The van der Waals surface area contributed by atoms with E-state index in [4.69, 9.17) is 18.9 Å². The van der Waals surface area contributed by atoms with Crippen molar-refractivity contribution in [1.82, 2.24) is 0 Å². The third-order valence-corrected chi connectivity index (χ3v) is 5.55. The van der Waals surface area contributed by atoms with Crippen LogP contribution in [0.25, 0.3) is 0 Å². The Hall–Kier alpha value is -2.79. The molecule has 2 aliphatic rings. The molecule has 0 radical (unpaired) electrons. The van der Waals surface area contributed by atoms with Crippen molar-refractivity contribution < 1.29 is 23.7 Å². The first kappa shape index (κ1) is 18.6. The van der Waals surface area contributed by atoms with Crippen LogP contribution in [-0.4, -0.2) is 25.8 Å². The zero-order valence-corrected chi connectivity index (χ0v) is 16.1. The second kappa shape index (κ2) is 7.32. The van der Waals surface area contributed by atoms with Gasteiger partial charge in [-0.3, -0.25) is 0 Å². The second-order valence-corrected chi connectivity index (χ2v) is 7.36. The highest BCUT2D eigenvalue weighted by Crippen LogP contribution is 2.52. The van der Waals surface area contributed by atoms with Crippen LogP contribution in [0.3, 0.4) is 0 Å². The SMILES string of the molecule is C=C1CC2(C[C@@H](c3ccccc3OC)O[C@@H](c3ccccc3OC)C2)OC1=O. The molecular formula is C23H24O5. The Morgan fingerprint density at radius 1 is 0.929 bits per heavy atom. The van der Waals surface area contributed by atoms with Gasteiger partial charge in [-0.05, 0) is 12.1 Å². The van der Waals surface area contributed by atoms with Crippen molar-refractivity contribution in [3.05, 3.63) is 71.8 Å². The van der Waals surface area contributed by atoms with Crippen LogP contribution in [0.4, 0.5) is 0 Å². The van der Waals surface area contributed by atoms with Gasteiger partial charge in [-0.15, -0.1) is 0 Å². The van der Waals surface area contributed by atoms with E-state index in [2.05, 4.69) is 6.58 Å². The first-order chi connectivity index (χ1) is 13.5. The van der Waals surface area contributed by atoms with Gasteiger partial charge < -0.3 is 18.9 Å². The highest BCUT2D eigenvalue weighted by Gasteiger charge is 2.50. The van der Waals surface area contributed by atoms with E-state index in [0.717, 1.165) is 22.6 Å². The molecule has 2 heterocycles. The van der Waals surface area contributed by atoms with Crippen LogP contribution in [0.15, 0.2) is 60.7 Å². The van der Waals surface area contributed by atoms with Gasteiger partial charge in [0.05, 0.1) is 26.4 Å². The van der Waals surface area contributed by atoms with Crippen LogP contribution in [-0.2, 0) is 14.3 Å². The number of methoxy groups -OCH3 is 2. The molecule has 3 atom stereocenters. The Kier molecular flexibility index (Phi) is 4.85. The van der Waals surface area contributed by atoms with Gasteiger partial charge in [0.25, 0.3) is 0 Å². The standard InChI is InChI=1S/C23H24O5/c1-15-12-23(28-22(15)24)13-20(16-8-4-6-10-18(16)25-2)27-21(14-23)17-9-5-7-11-19(17)26-3/h4-11,20-21H,1,12-14H2,2-3H3/t20-,21+,23?. The first-order valence-corrected chi connectivity index (χ1v) is 9.37. The van der Waals surface area contributed by atoms with Gasteiger partial charge in [0, 0.05) is 36.0 Å². The Morgan fingerprint density at radius 2 is 1.43 bits per heavy atom. The molecule has 1 spiro atoms. The molecule has 0 N–H and O–H groups in total. The Morgan fingerprint density at radius 3 is 1.86 bits per heavy atom. The maximum atomic E-state index is 12.2. The van der Waals surface area contributed by atoms with Crippen LogP contribution in [0.1, 0.15) is 42.6 Å². The fourth-order valence-corrected chi connectivity index (χ4v) is 4.28. The molecule has 28 heavy (non-hydrogen) atoms. The molecule has 0 bridgehead atoms. The maximum absolute atomic E-state index is 12.2. The van der Waals surface area contributed by atoms with Gasteiger partial charge in [-0.1, -0.05) is 43.0 Å². The number of esters is 1. The van der Waals surface area contributed by atoms with Crippen molar-refractivity contribution in [2.24, 2.45) is 0 Å². The molecule has 0 aromatic heterocycles. The zero-order valence-electron chi connectivity index (χ0n) is 16.1. The predicted octanol–water partition coefficient (Wildman–Crippen LogP) is 4.54. The summed E-state index contributed by atoms with van der Waals surface area (Å²) in [5, 5.41) is 0. The minimum Gasteiger partial charge on any atom is -0.496 e. The summed E-state index contributed by atoms with van der Waals surface area (Å²) < 4.78 is 23.5. The van der Waals surface area contributed by atoms with Crippen molar-refractivity contribution in [2.75, 3.05) is 14.2 Å². The summed E-state index contributed by atoms with van der Waals surface area (Å²) in [7, 11) is 3.29. The van der Waals surface area contributed by atoms with Crippen LogP contribution in [0.5, 0.6) is 11.5 Å². The van der Waals surface area contributed by atoms with E-state index in [9.17, 15) is 4.79 Å². The summed E-state index contributed by atoms with van der Waals surface area (Å²) in [6, 6.07) is 15.6. The minimum atomic E-state index is -0.635. The van der Waals surface area contributed by atoms with Gasteiger partial charge in [-0.2, -0.15) is 0 Å². The van der Waals surface area contributed by atoms with E-state index in [-0.39, 0.29) is 18.2 Å². The smallest absolute Gasteiger partial charge is 0.334 e. The van der Waals surface area contributed by atoms with Crippen molar-refractivity contribution >= 4 is 5.97 Å². The van der Waals surface area contributed by atoms with Crippen molar-refractivity contribution in [3.63, 3.8) is 0 Å². The van der Waals surface area contributed by atoms with E-state index >= 15 is 0 Å². The van der Waals surface area contributed by atoms with Crippen molar-refractivity contribution in [3.8, 4) is 11.5 Å². The molecular weight excluding hydrogens is 356 g/mol. The van der Waals surface area contributed by atoms with Crippen LogP contribution < -0.4 is 9.47 Å². The van der Waals surface area contributed by atoms with E-state index < -0.39 is 5.60 Å². The minimum absolute atomic E-state index is 0.279. The average Bonchev–Trinajstić information content (AvgIpc) is 2.99. The molecule has 2 aliphatic heterocycles. The quantitative estimate of drug-likeness (QED) is 0.576. The molecule has 146 valence electrons. The van der Waals surface area contributed by atoms with Gasteiger partial charge >= 0.3 is 5.97 Å². The lowest BCUT2D eigenvalue weighted by Gasteiger charge is -2.41. The third-order valence-electron chi connectivity index (χ3n) is 5.55. The van der Waals surface area contributed by atoms with Crippen molar-refractivity contribution in [2.45, 2.75) is 37.1 Å². The summed E-state index contributed by atoms with van der Waals surface area (Å²) in [5.74, 6) is 1.19. The van der Waals surface area contributed by atoms with Gasteiger partial charge in [0.1, 0.15) is 17.1 Å². The topological polar surface area (TPSA) is 54.0 Å². The summed E-state index contributed by atoms with van der Waals surface area (Å²) in [6.07, 6.45) is 1.07. The second-order valence-electron chi connectivity index (χ2n) is 7.36. The van der Waals surface area contributed by atoms with Crippen LogP contribution in [0, 0.1) is 0 Å². The number of benzene rings is 2. The van der Waals surface area contributed by atoms with Crippen LogP contribution >= 0.6 is 0 Å². The predicted molar refractivity (Wildman–Crippen MR) is 104 cm³/mol. The summed E-state index contributed by atoms with van der Waals surface area (Å²) in [4.78, 5) is 12.2. The average molecular weight is 380 g/mol. The highest BCUT2D eigenvalue weighted by molar-refractivity contribution is 5.90. The molecule has 0 amide bonds. The van der Waals surface area contributed by atoms with Gasteiger partial charge in [0.2, 0.25) is 0 Å². The lowest BCUT2D eigenvalue weighted by Crippen LogP contribution is -2.39. The van der Waals surface area contributed by atoms with Crippen molar-refractivity contribution in [1.29, 1.82) is 0 Å². The van der Waals surface area contributed by atoms with E-state index in [1.54, 1.807) is 14.2 Å². The fourth-order valence-electron chi connectivity index (χ4n) is 4.28. The number of carbonyl (C=O) groups is 1. The van der Waals surface area contributed by atoms with E-state index in [0.29, 0.717) is 24.8 Å². The van der Waals surface area contributed by atoms with Gasteiger partial charge in [0.15, 0.2) is 0 Å². The molecule has 5 heteroatoms. The number of ether oxygens (including phenoxy) is 4. The molecule has 1 unspecified atom stereocenters. The maximum Gasteiger partial charge on any atom is 0.334 e. The first-order valence-electron chi connectivity index (χ1n) is 9.37. The number of rotatable bonds is 4. The molecule has 0 saturated carbocycles. The fraction of sp³-hybridized carbons (Fsp3) is 0.348. The Balaban J connectivity index is 1.76. The van der Waals surface area contributed by atoms with Crippen LogP contribution in [0.2, 0.25) is 0 Å². The number of hydrogen-bond donors (Lipinski definition) is 0. The lowest BCUT2D eigenvalue weighted by molar-refractivity contribution is -0.173. The third kappa shape index (κ3) is 3.27. The largest absolute Gasteiger partial charge is 0.496 e. The molecule has 0 aliphatic carbocycles.